The Morgan fingerprint density at radius 3 is 2.68 bits per heavy atom. The van der Waals surface area contributed by atoms with Crippen LogP contribution in [0.5, 0.6) is 0 Å². The summed E-state index contributed by atoms with van der Waals surface area (Å²) in [4.78, 5) is 15.6. The fourth-order valence-corrected chi connectivity index (χ4v) is 3.88. The highest BCUT2D eigenvalue weighted by Gasteiger charge is 2.45. The van der Waals surface area contributed by atoms with Gasteiger partial charge in [-0.3, -0.25) is 13.5 Å². The summed E-state index contributed by atoms with van der Waals surface area (Å²) >= 11 is 0. The number of imidazole rings is 1. The van der Waals surface area contributed by atoms with Gasteiger partial charge in [0.25, 0.3) is 5.91 Å². The van der Waals surface area contributed by atoms with Gasteiger partial charge < -0.3 is 36.6 Å². The summed E-state index contributed by atoms with van der Waals surface area (Å²) in [5.41, 5.74) is 12.8. The zero-order chi connectivity index (χ0) is 22.9. The topological polar surface area (TPSA) is 232 Å². The number of hydrogen-bond donors (Lipinski definition) is 7. The first-order chi connectivity index (χ1) is 14.6. The minimum Gasteiger partial charge on any atom is -0.397 e. The number of nitrogens with one attached hydrogen (secondary N) is 1. The van der Waals surface area contributed by atoms with Crippen LogP contribution in [0.1, 0.15) is 11.8 Å². The zero-order valence-electron chi connectivity index (χ0n) is 16.0. The van der Waals surface area contributed by atoms with Crippen molar-refractivity contribution in [2.24, 2.45) is 5.73 Å². The van der Waals surface area contributed by atoms with Crippen LogP contribution >= 0.6 is 0 Å². The number of hydrogen-bond acceptors (Lipinski definition) is 12. The number of nitrogen functional groups attached to an aromatic ring is 1. The molecule has 9 N–H and O–H groups in total. The molecule has 2 aromatic rings. The fourth-order valence-electron chi connectivity index (χ4n) is 3.11. The van der Waals surface area contributed by atoms with E-state index in [0.29, 0.717) is 16.6 Å². The summed E-state index contributed by atoms with van der Waals surface area (Å²) in [5.74, 6) is -1.18. The van der Waals surface area contributed by atoms with E-state index in [-0.39, 0.29) is 12.3 Å². The molecule has 0 radical (unpaired) electrons. The van der Waals surface area contributed by atoms with Crippen LogP contribution in [0, 0.1) is 0 Å². The van der Waals surface area contributed by atoms with E-state index in [9.17, 15) is 28.5 Å². The lowest BCUT2D eigenvalue weighted by molar-refractivity contribution is -0.121. The van der Waals surface area contributed by atoms with Crippen LogP contribution in [0.4, 0.5) is 5.69 Å². The Bertz CT molecular complexity index is 1060. The van der Waals surface area contributed by atoms with Crippen LogP contribution in [0.3, 0.4) is 0 Å². The number of anilines is 1. The molecule has 1 saturated heterocycles. The van der Waals surface area contributed by atoms with Crippen molar-refractivity contribution in [1.82, 2.24) is 14.3 Å². The number of aromatic nitrogens is 2. The number of ether oxygens (including phenoxy) is 1. The summed E-state index contributed by atoms with van der Waals surface area (Å²) in [7, 11) is -4.61. The average Bonchev–Trinajstić information content (AvgIpc) is 3.27. The molecule has 1 aliphatic heterocycles. The standard InChI is InChI=1S/C16H23N5O9S/c17-8-1-7(3-22)2-10-12(8)21(6-19-10)16-14(25)13(24)11(30-16)5-29-31(27,28)20-15(26)9(18)4-23/h1-2,6,9,11,13-14,16,22-25H,3-5,17-18H2,(H,20,26)/t9-,11+,13+,14+,16+/m0/s1. The molecular formula is C16H23N5O9S. The lowest BCUT2D eigenvalue weighted by atomic mass is 10.1. The monoisotopic (exact) mass is 461 g/mol. The largest absolute Gasteiger partial charge is 0.397 e. The van der Waals surface area contributed by atoms with Gasteiger partial charge in [0.1, 0.15) is 24.4 Å². The number of nitrogens with two attached hydrogens (primary N) is 2. The summed E-state index contributed by atoms with van der Waals surface area (Å²) in [6, 6.07) is 1.64. The van der Waals surface area contributed by atoms with E-state index >= 15 is 0 Å². The van der Waals surface area contributed by atoms with E-state index in [2.05, 4.69) is 9.17 Å². The van der Waals surface area contributed by atoms with Crippen molar-refractivity contribution in [3.8, 4) is 0 Å². The smallest absolute Gasteiger partial charge is 0.362 e. The Balaban J connectivity index is 1.74. The molecule has 1 amide bonds. The molecule has 31 heavy (non-hydrogen) atoms. The Labute approximate surface area is 176 Å². The Kier molecular flexibility index (Phi) is 6.77. The van der Waals surface area contributed by atoms with Gasteiger partial charge in [-0.15, -0.1) is 0 Å². The van der Waals surface area contributed by atoms with Crippen LogP contribution in [0.25, 0.3) is 11.0 Å². The van der Waals surface area contributed by atoms with Crippen molar-refractivity contribution >= 4 is 32.9 Å². The van der Waals surface area contributed by atoms with Gasteiger partial charge in [0.15, 0.2) is 6.23 Å². The van der Waals surface area contributed by atoms with Crippen molar-refractivity contribution in [1.29, 1.82) is 0 Å². The summed E-state index contributed by atoms with van der Waals surface area (Å²) in [5, 5.41) is 38.7. The molecule has 172 valence electrons. The quantitative estimate of drug-likeness (QED) is 0.189. The number of aliphatic hydroxyl groups is 4. The van der Waals surface area contributed by atoms with E-state index in [1.165, 1.54) is 21.7 Å². The van der Waals surface area contributed by atoms with Crippen molar-refractivity contribution in [3.05, 3.63) is 24.0 Å². The predicted octanol–water partition coefficient (Wildman–Crippen LogP) is -3.57. The van der Waals surface area contributed by atoms with Gasteiger partial charge in [-0.2, -0.15) is 8.42 Å². The summed E-state index contributed by atoms with van der Waals surface area (Å²) in [6.07, 6.45) is -4.15. The third-order valence-corrected chi connectivity index (χ3v) is 5.60. The first-order valence-corrected chi connectivity index (χ1v) is 10.4. The van der Waals surface area contributed by atoms with Crippen molar-refractivity contribution < 1.29 is 42.6 Å². The van der Waals surface area contributed by atoms with Gasteiger partial charge in [0.05, 0.1) is 42.9 Å². The average molecular weight is 461 g/mol. The zero-order valence-corrected chi connectivity index (χ0v) is 16.8. The number of benzene rings is 1. The van der Waals surface area contributed by atoms with Crippen molar-refractivity contribution in [2.45, 2.75) is 37.2 Å². The number of fused-ring (bicyclic) bond motifs is 1. The Hall–Kier alpha value is -2.37. The number of rotatable bonds is 8. The van der Waals surface area contributed by atoms with E-state index in [0.717, 1.165) is 0 Å². The molecular weight excluding hydrogens is 438 g/mol. The van der Waals surface area contributed by atoms with Crippen LogP contribution in [0.2, 0.25) is 0 Å². The molecule has 1 fully saturated rings. The van der Waals surface area contributed by atoms with Gasteiger partial charge in [-0.05, 0) is 17.7 Å². The maximum absolute atomic E-state index is 11.9. The summed E-state index contributed by atoms with van der Waals surface area (Å²) < 4.78 is 36.8. The SMILES string of the molecule is Nc1cc(CO)cc2ncn([C@@H]3O[C@H](COS(=O)(=O)NC(=O)[C@@H](N)CO)[C@@H](O)[C@H]3O)c12. The van der Waals surface area contributed by atoms with Gasteiger partial charge in [-0.25, -0.2) is 9.71 Å². The van der Waals surface area contributed by atoms with Gasteiger partial charge in [-0.1, -0.05) is 0 Å². The fraction of sp³-hybridized carbons (Fsp3) is 0.500. The molecule has 0 unspecified atom stereocenters. The van der Waals surface area contributed by atoms with Gasteiger partial charge >= 0.3 is 10.3 Å². The number of carbonyl (C=O) groups is 1. The molecule has 5 atom stereocenters. The molecule has 1 aliphatic rings. The normalized spacial score (nSPS) is 25.1. The van der Waals surface area contributed by atoms with Crippen LogP contribution in [-0.4, -0.2) is 81.9 Å². The molecule has 0 bridgehead atoms. The molecule has 3 rings (SSSR count). The number of carbonyl (C=O) groups excluding carboxylic acids is 1. The Morgan fingerprint density at radius 1 is 1.32 bits per heavy atom. The molecule has 15 heteroatoms. The third-order valence-electron chi connectivity index (χ3n) is 4.70. The predicted molar refractivity (Wildman–Crippen MR) is 104 cm³/mol. The highest BCUT2D eigenvalue weighted by molar-refractivity contribution is 7.85. The lowest BCUT2D eigenvalue weighted by Crippen LogP contribution is -2.46. The van der Waals surface area contributed by atoms with Crippen LogP contribution in [-0.2, 0) is 30.6 Å². The molecule has 0 saturated carbocycles. The van der Waals surface area contributed by atoms with E-state index in [1.807, 2.05) is 0 Å². The first-order valence-electron chi connectivity index (χ1n) is 9.02. The molecule has 2 heterocycles. The van der Waals surface area contributed by atoms with E-state index in [4.69, 9.17) is 21.3 Å². The second-order valence-electron chi connectivity index (χ2n) is 6.90. The molecule has 0 aliphatic carbocycles. The Morgan fingerprint density at radius 2 is 2.03 bits per heavy atom. The number of nitrogens with zero attached hydrogens (tertiary/aromatic N) is 2. The minimum absolute atomic E-state index is 0.245. The third kappa shape index (κ3) is 4.78. The maximum atomic E-state index is 11.9. The molecule has 1 aromatic carbocycles. The highest BCUT2D eigenvalue weighted by atomic mass is 32.2. The highest BCUT2D eigenvalue weighted by Crippen LogP contribution is 2.34. The minimum atomic E-state index is -4.61. The second kappa shape index (κ2) is 9.01. The first kappa shape index (κ1) is 23.3. The van der Waals surface area contributed by atoms with Gasteiger partial charge in [0, 0.05) is 0 Å². The number of aliphatic hydroxyl groups excluding tert-OH is 4. The molecule has 1 aromatic heterocycles. The van der Waals surface area contributed by atoms with E-state index < -0.39 is 60.0 Å². The van der Waals surface area contributed by atoms with Crippen LogP contribution < -0.4 is 16.2 Å². The second-order valence-corrected chi connectivity index (χ2v) is 8.25. The van der Waals surface area contributed by atoms with E-state index in [1.54, 1.807) is 6.07 Å². The molecule has 0 spiro atoms. The van der Waals surface area contributed by atoms with Crippen LogP contribution in [0.15, 0.2) is 18.5 Å². The van der Waals surface area contributed by atoms with Gasteiger partial charge in [0.2, 0.25) is 0 Å². The summed E-state index contributed by atoms with van der Waals surface area (Å²) in [6.45, 7) is -1.76. The number of amides is 1. The lowest BCUT2D eigenvalue weighted by Gasteiger charge is -2.18. The molecule has 14 nitrogen and oxygen atoms in total. The van der Waals surface area contributed by atoms with Crippen molar-refractivity contribution in [2.75, 3.05) is 18.9 Å². The maximum Gasteiger partial charge on any atom is 0.362 e. The van der Waals surface area contributed by atoms with Crippen molar-refractivity contribution in [3.63, 3.8) is 0 Å².